The molecule has 0 radical (unpaired) electrons. The summed E-state index contributed by atoms with van der Waals surface area (Å²) in [6.45, 7) is 12.5. The van der Waals surface area contributed by atoms with Gasteiger partial charge in [0.05, 0.1) is 45.6 Å². The molecule has 0 unspecified atom stereocenters. The van der Waals surface area contributed by atoms with Crippen LogP contribution in [0.15, 0.2) is 71.8 Å². The number of piperidine rings is 1. The normalized spacial score (nSPS) is 24.2. The number of amides is 1. The molecule has 76 heavy (non-hydrogen) atoms. The number of carbonyl (C=O) groups is 1. The Morgan fingerprint density at radius 3 is 2.51 bits per heavy atom. The van der Waals surface area contributed by atoms with Crippen LogP contribution in [0.3, 0.4) is 0 Å². The summed E-state index contributed by atoms with van der Waals surface area (Å²) in [4.78, 5) is 40.4. The monoisotopic (exact) mass is 1060 g/mol. The topological polar surface area (TPSA) is 214 Å². The zero-order valence-corrected chi connectivity index (χ0v) is 44.3. The van der Waals surface area contributed by atoms with Crippen LogP contribution in [0.2, 0.25) is 0 Å². The molecule has 1 spiro atoms. The number of nitro groups is 1. The van der Waals surface area contributed by atoms with Gasteiger partial charge in [-0.15, -0.1) is 0 Å². The second-order valence-corrected chi connectivity index (χ2v) is 24.2. The van der Waals surface area contributed by atoms with E-state index in [9.17, 15) is 28.4 Å². The van der Waals surface area contributed by atoms with Crippen molar-refractivity contribution in [2.24, 2.45) is 11.3 Å². The highest BCUT2D eigenvalue weighted by atomic mass is 32.2. The van der Waals surface area contributed by atoms with Crippen molar-refractivity contribution in [2.75, 3.05) is 75.9 Å². The third-order valence-corrected chi connectivity index (χ3v) is 18.5. The molecule has 20 heteroatoms. The number of aromatic nitrogens is 2. The van der Waals surface area contributed by atoms with Crippen LogP contribution in [-0.2, 0) is 14.8 Å². The van der Waals surface area contributed by atoms with Gasteiger partial charge in [-0.3, -0.25) is 24.7 Å². The Morgan fingerprint density at radius 2 is 1.76 bits per heavy atom. The zero-order chi connectivity index (χ0) is 52.9. The largest absolute Gasteiger partial charge is 0.489 e. The predicted molar refractivity (Wildman–Crippen MR) is 285 cm³/mol. The lowest BCUT2D eigenvalue weighted by Crippen LogP contribution is -2.54. The van der Waals surface area contributed by atoms with E-state index in [2.05, 4.69) is 72.8 Å². The molecule has 3 saturated heterocycles. The number of H-pyrrole nitrogens is 1. The molecule has 6 heterocycles. The molecule has 5 aromatic rings. The van der Waals surface area contributed by atoms with E-state index in [0.717, 1.165) is 70.2 Å². The quantitative estimate of drug-likeness (QED) is 0.0569. The molecule has 2 aliphatic carbocycles. The fraction of sp³-hybridized carbons (Fsp3) is 0.536. The lowest BCUT2D eigenvalue weighted by atomic mass is 9.59. The second kappa shape index (κ2) is 21.1. The first-order valence-electron chi connectivity index (χ1n) is 27.1. The van der Waals surface area contributed by atoms with E-state index < -0.39 is 42.9 Å². The lowest BCUT2D eigenvalue weighted by Gasteiger charge is -2.56. The highest BCUT2D eigenvalue weighted by Crippen LogP contribution is 2.55. The van der Waals surface area contributed by atoms with Crippen molar-refractivity contribution in [1.29, 1.82) is 0 Å². The summed E-state index contributed by atoms with van der Waals surface area (Å²) >= 11 is 0. The number of fused-ring (bicyclic) bond motifs is 2. The number of hydrogen-bond donors (Lipinski definition) is 4. The molecule has 1 amide bonds. The van der Waals surface area contributed by atoms with E-state index in [1.54, 1.807) is 19.1 Å². The Morgan fingerprint density at radius 1 is 1.00 bits per heavy atom. The predicted octanol–water partition coefficient (Wildman–Crippen LogP) is 9.06. The van der Waals surface area contributed by atoms with E-state index in [-0.39, 0.29) is 76.0 Å². The number of rotatable bonds is 15. The standard InChI is InChI=1S/C56H69FN8O10S/c1-35(2)40-7-4-5-8-41(40)46-9-6-18-64(46)38-31-56(32-38)16-19-63(20-17-56)37-10-11-42(48(27-37)75-50-30-43-44(57)33-58-52(43)60-54(50)73-26-23-62-21-24-72-25-22-62)53(66)61-76(70,71)39-28-47(65(68)69)51-49(29-39)74-34-45(59-51)36-12-14-55(3,67)15-13-36/h4-5,7-8,10-11,27-30,33,35-36,38,45-46,59,67H,6,9,12-26,31-32,34H2,1-3H3,(H,58,60)(H,61,66)/t36?,45-,46-,55?/m1/s1. The Labute approximate surface area is 442 Å². The van der Waals surface area contributed by atoms with Crippen LogP contribution in [0.25, 0.3) is 11.0 Å². The van der Waals surface area contributed by atoms with Crippen LogP contribution in [0.1, 0.15) is 118 Å². The molecule has 406 valence electrons. The number of halogens is 1. The highest BCUT2D eigenvalue weighted by Gasteiger charge is 2.50. The van der Waals surface area contributed by atoms with Gasteiger partial charge < -0.3 is 39.3 Å². The summed E-state index contributed by atoms with van der Waals surface area (Å²) in [5.41, 5.74) is 2.67. The van der Waals surface area contributed by atoms with Crippen molar-refractivity contribution in [2.45, 2.75) is 120 Å². The number of likely N-dealkylation sites (tertiary alicyclic amines) is 1. The minimum atomic E-state index is -4.78. The van der Waals surface area contributed by atoms with Crippen molar-refractivity contribution < 1.29 is 46.6 Å². The average Bonchev–Trinajstić information content (AvgIpc) is 4.07. The van der Waals surface area contributed by atoms with Crippen molar-refractivity contribution in [3.8, 4) is 23.1 Å². The van der Waals surface area contributed by atoms with Crippen LogP contribution in [0, 0.1) is 27.3 Å². The maximum Gasteiger partial charge on any atom is 0.297 e. The van der Waals surface area contributed by atoms with Crippen molar-refractivity contribution >= 4 is 44.0 Å². The minimum Gasteiger partial charge on any atom is -0.489 e. The molecule has 4 aliphatic heterocycles. The van der Waals surface area contributed by atoms with E-state index in [0.29, 0.717) is 63.4 Å². The van der Waals surface area contributed by atoms with Crippen molar-refractivity contribution in [3.05, 3.63) is 99.5 Å². The van der Waals surface area contributed by atoms with Crippen LogP contribution in [0.5, 0.6) is 23.1 Å². The van der Waals surface area contributed by atoms with Crippen molar-refractivity contribution in [3.63, 3.8) is 0 Å². The molecule has 4 N–H and O–H groups in total. The number of benzene rings is 3. The summed E-state index contributed by atoms with van der Waals surface area (Å²) in [7, 11) is -4.78. The van der Waals surface area contributed by atoms with E-state index in [1.807, 2.05) is 0 Å². The third-order valence-electron chi connectivity index (χ3n) is 17.2. The molecule has 6 aliphatic rings. The van der Waals surface area contributed by atoms with Gasteiger partial charge in [-0.2, -0.15) is 4.98 Å². The number of hydrogen-bond acceptors (Lipinski definition) is 15. The summed E-state index contributed by atoms with van der Waals surface area (Å²) in [5.74, 6) is -1.15. The number of nitro benzene ring substituents is 1. The smallest absolute Gasteiger partial charge is 0.297 e. The number of nitrogens with one attached hydrogen (secondary N) is 3. The molecule has 2 atom stereocenters. The number of ether oxygens (including phenoxy) is 4. The van der Waals surface area contributed by atoms with Gasteiger partial charge in [-0.05, 0) is 118 Å². The Kier molecular flexibility index (Phi) is 14.4. The second-order valence-electron chi connectivity index (χ2n) is 22.5. The summed E-state index contributed by atoms with van der Waals surface area (Å²) < 4.78 is 70.1. The number of pyridine rings is 1. The summed E-state index contributed by atoms with van der Waals surface area (Å²) in [5, 5.41) is 26.4. The number of carbonyl (C=O) groups excluding carboxylic acids is 1. The molecule has 18 nitrogen and oxygen atoms in total. The molecule has 2 aromatic heterocycles. The number of morpholine rings is 1. The zero-order valence-electron chi connectivity index (χ0n) is 43.5. The van der Waals surface area contributed by atoms with Crippen molar-refractivity contribution in [1.82, 2.24) is 24.5 Å². The Hall–Kier alpha value is -6.06. The molecule has 3 aromatic carbocycles. The highest BCUT2D eigenvalue weighted by molar-refractivity contribution is 7.90. The van der Waals surface area contributed by atoms with Gasteiger partial charge >= 0.3 is 0 Å². The van der Waals surface area contributed by atoms with Gasteiger partial charge in [0.2, 0.25) is 0 Å². The Balaban J connectivity index is 0.848. The number of aromatic amines is 1. The first kappa shape index (κ1) is 52.0. The fourth-order valence-electron chi connectivity index (χ4n) is 12.8. The van der Waals surface area contributed by atoms with Crippen LogP contribution in [-0.4, -0.2) is 128 Å². The Bertz CT molecular complexity index is 3080. The molecular formula is C56H69FN8O10S. The number of sulfonamides is 1. The van der Waals surface area contributed by atoms with Gasteiger partial charge in [0.25, 0.3) is 27.5 Å². The summed E-state index contributed by atoms with van der Waals surface area (Å²) in [6.07, 6.45) is 10.3. The molecule has 2 saturated carbocycles. The van der Waals surface area contributed by atoms with Crippen LogP contribution < -0.4 is 29.1 Å². The third kappa shape index (κ3) is 10.7. The molecule has 11 rings (SSSR count). The van der Waals surface area contributed by atoms with E-state index in [4.69, 9.17) is 18.9 Å². The molecule has 0 bridgehead atoms. The lowest BCUT2D eigenvalue weighted by molar-refractivity contribution is -0.384. The van der Waals surface area contributed by atoms with E-state index in [1.165, 1.54) is 48.4 Å². The summed E-state index contributed by atoms with van der Waals surface area (Å²) in [6, 6.07) is 18.1. The van der Waals surface area contributed by atoms with Gasteiger partial charge in [-0.1, -0.05) is 38.1 Å². The minimum absolute atomic E-state index is 0.00301. The number of anilines is 2. The first-order chi connectivity index (χ1) is 36.5. The average molecular weight is 1070 g/mol. The first-order valence-corrected chi connectivity index (χ1v) is 28.5. The maximum absolute atomic E-state index is 15.2. The fourth-order valence-corrected chi connectivity index (χ4v) is 13.8. The van der Waals surface area contributed by atoms with Gasteiger partial charge in [0.1, 0.15) is 30.4 Å². The van der Waals surface area contributed by atoms with Crippen LogP contribution >= 0.6 is 0 Å². The molecule has 5 fully saturated rings. The number of aliphatic hydroxyl groups is 1. The van der Waals surface area contributed by atoms with E-state index >= 15 is 4.39 Å². The number of nitrogens with zero attached hydrogens (tertiary/aromatic N) is 5. The SMILES string of the molecule is CC(C)c1ccccc1[C@H]1CCCN1C1CC2(CCN(c3ccc(C(=O)NS(=O)(=O)c4cc5c(c([N+](=O)[O-])c4)N[C@@H](C4CCC(C)(O)CC4)CO5)c(Oc4cc5c(F)c[nH]c5nc4OCCN4CCOCC4)c3)CC2)C1. The maximum atomic E-state index is 15.2. The van der Waals surface area contributed by atoms with Gasteiger partial charge in [0.15, 0.2) is 17.2 Å². The van der Waals surface area contributed by atoms with Gasteiger partial charge in [0, 0.05) is 81.0 Å². The van der Waals surface area contributed by atoms with Gasteiger partial charge in [-0.25, -0.2) is 17.5 Å². The molecular weight excluding hydrogens is 996 g/mol. The van der Waals surface area contributed by atoms with Crippen LogP contribution in [0.4, 0.5) is 21.5 Å².